The van der Waals surface area contributed by atoms with E-state index < -0.39 is 0 Å². The predicted molar refractivity (Wildman–Crippen MR) is 41.4 cm³/mol. The van der Waals surface area contributed by atoms with E-state index in [1.54, 1.807) is 12.4 Å². The summed E-state index contributed by atoms with van der Waals surface area (Å²) in [6.07, 6.45) is 5.43. The zero-order chi connectivity index (χ0) is 7.68. The summed E-state index contributed by atoms with van der Waals surface area (Å²) in [6, 6.07) is 0.270. The molecule has 1 saturated heterocycles. The number of piperazine rings is 1. The second-order valence-electron chi connectivity index (χ2n) is 2.64. The molecule has 4 nitrogen and oxygen atoms in total. The summed E-state index contributed by atoms with van der Waals surface area (Å²) >= 11 is 0. The summed E-state index contributed by atoms with van der Waals surface area (Å²) in [5.41, 5.74) is 0. The van der Waals surface area contributed by atoms with E-state index in [0.717, 1.165) is 0 Å². The maximum atomic E-state index is 10.9. The lowest BCUT2D eigenvalue weighted by atomic mass is 10.1. The molecule has 0 spiro atoms. The Labute approximate surface area is 64.4 Å². The number of rotatable bonds is 0. The summed E-state index contributed by atoms with van der Waals surface area (Å²) in [6.45, 7) is 0.402. The number of hydrogen-bond donors (Lipinski definition) is 2. The molecule has 2 aliphatic rings. The van der Waals surface area contributed by atoms with E-state index >= 15 is 0 Å². The highest BCUT2D eigenvalue weighted by atomic mass is 16.2. The van der Waals surface area contributed by atoms with Gasteiger partial charge in [0.2, 0.25) is 5.91 Å². The molecule has 0 aromatic rings. The molecule has 58 valence electrons. The largest absolute Gasteiger partial charge is 0.345 e. The van der Waals surface area contributed by atoms with Crippen molar-refractivity contribution >= 4 is 12.1 Å². The van der Waals surface area contributed by atoms with Crippen molar-refractivity contribution in [1.29, 1.82) is 0 Å². The van der Waals surface area contributed by atoms with Crippen LogP contribution in [-0.2, 0) is 4.79 Å². The lowest BCUT2D eigenvalue weighted by molar-refractivity contribution is -0.121. The molecule has 1 amide bonds. The van der Waals surface area contributed by atoms with Crippen LogP contribution in [0.15, 0.2) is 17.3 Å². The Morgan fingerprint density at radius 1 is 1.55 bits per heavy atom. The summed E-state index contributed by atoms with van der Waals surface area (Å²) in [7, 11) is 0. The van der Waals surface area contributed by atoms with Crippen molar-refractivity contribution in [2.45, 2.75) is 12.1 Å². The first-order valence-corrected chi connectivity index (χ1v) is 3.59. The second kappa shape index (κ2) is 2.47. The molecule has 2 atom stereocenters. The third-order valence-electron chi connectivity index (χ3n) is 1.84. The van der Waals surface area contributed by atoms with Crippen LogP contribution in [0.1, 0.15) is 0 Å². The number of amides is 1. The number of nitrogens with one attached hydrogen (secondary N) is 2. The number of nitrogens with zero attached hydrogens (tertiary/aromatic N) is 1. The fourth-order valence-corrected chi connectivity index (χ4v) is 1.27. The number of fused-ring (bicyclic) bond motifs is 1. The lowest BCUT2D eigenvalue weighted by Crippen LogP contribution is -2.59. The van der Waals surface area contributed by atoms with Crippen molar-refractivity contribution in [2.75, 3.05) is 6.54 Å². The van der Waals surface area contributed by atoms with Gasteiger partial charge in [0.15, 0.2) is 0 Å². The van der Waals surface area contributed by atoms with Crippen LogP contribution in [0.25, 0.3) is 0 Å². The first-order chi connectivity index (χ1) is 5.36. The molecule has 0 radical (unpaired) electrons. The van der Waals surface area contributed by atoms with Crippen LogP contribution in [0.2, 0.25) is 0 Å². The quantitative estimate of drug-likeness (QED) is 0.468. The Hall–Kier alpha value is -1.16. The third-order valence-corrected chi connectivity index (χ3v) is 1.84. The van der Waals surface area contributed by atoms with E-state index in [-0.39, 0.29) is 18.0 Å². The minimum atomic E-state index is 0.0352. The summed E-state index contributed by atoms with van der Waals surface area (Å²) in [5, 5.41) is 5.90. The molecule has 2 rings (SSSR count). The van der Waals surface area contributed by atoms with Gasteiger partial charge in [0.05, 0.1) is 18.6 Å². The highest BCUT2D eigenvalue weighted by molar-refractivity contribution is 5.85. The average Bonchev–Trinajstić information content (AvgIpc) is 2.04. The van der Waals surface area contributed by atoms with E-state index in [1.807, 2.05) is 6.08 Å². The van der Waals surface area contributed by atoms with Crippen molar-refractivity contribution in [3.05, 3.63) is 12.3 Å². The molecule has 0 saturated carbocycles. The van der Waals surface area contributed by atoms with Crippen LogP contribution >= 0.6 is 0 Å². The molecule has 0 aliphatic carbocycles. The van der Waals surface area contributed by atoms with Crippen molar-refractivity contribution in [1.82, 2.24) is 10.6 Å². The van der Waals surface area contributed by atoms with Crippen molar-refractivity contribution in [3.8, 4) is 0 Å². The molecule has 1 fully saturated rings. The van der Waals surface area contributed by atoms with Crippen LogP contribution in [0.4, 0.5) is 0 Å². The maximum Gasteiger partial charge on any atom is 0.234 e. The van der Waals surface area contributed by atoms with E-state index in [4.69, 9.17) is 0 Å². The fraction of sp³-hybridized carbons (Fsp3) is 0.429. The molecule has 11 heavy (non-hydrogen) atoms. The lowest BCUT2D eigenvalue weighted by Gasteiger charge is -2.29. The number of aliphatic imine (C=N–C) groups is 1. The van der Waals surface area contributed by atoms with Crippen LogP contribution in [-0.4, -0.2) is 30.8 Å². The van der Waals surface area contributed by atoms with Crippen molar-refractivity contribution in [2.24, 2.45) is 4.99 Å². The van der Waals surface area contributed by atoms with E-state index in [9.17, 15) is 4.79 Å². The van der Waals surface area contributed by atoms with Gasteiger partial charge in [0.1, 0.15) is 0 Å². The van der Waals surface area contributed by atoms with Crippen LogP contribution < -0.4 is 10.6 Å². The summed E-state index contributed by atoms with van der Waals surface area (Å²) < 4.78 is 0. The first kappa shape index (κ1) is 6.54. The summed E-state index contributed by atoms with van der Waals surface area (Å²) in [4.78, 5) is 14.8. The topological polar surface area (TPSA) is 53.5 Å². The van der Waals surface area contributed by atoms with Crippen molar-refractivity contribution < 1.29 is 4.79 Å². The minimum Gasteiger partial charge on any atom is -0.345 e. The number of hydrogen-bond acceptors (Lipinski definition) is 3. The number of carbonyl (C=O) groups is 1. The molecule has 2 unspecified atom stereocenters. The predicted octanol–water partition coefficient (Wildman–Crippen LogP) is -0.959. The molecular weight excluding hydrogens is 142 g/mol. The zero-order valence-electron chi connectivity index (χ0n) is 5.95. The molecule has 2 N–H and O–H groups in total. The van der Waals surface area contributed by atoms with Gasteiger partial charge in [-0.2, -0.15) is 0 Å². The van der Waals surface area contributed by atoms with Gasteiger partial charge in [-0.15, -0.1) is 0 Å². The SMILES string of the molecule is O=C1CNC2C=CN=CC2N1. The van der Waals surface area contributed by atoms with Gasteiger partial charge in [-0.3, -0.25) is 15.1 Å². The van der Waals surface area contributed by atoms with Crippen LogP contribution in [0, 0.1) is 0 Å². The molecule has 0 aromatic heterocycles. The molecule has 2 heterocycles. The smallest absolute Gasteiger partial charge is 0.234 e. The Bertz CT molecular complexity index is 234. The zero-order valence-corrected chi connectivity index (χ0v) is 5.95. The Balaban J connectivity index is 2.12. The van der Waals surface area contributed by atoms with E-state index in [2.05, 4.69) is 15.6 Å². The maximum absolute atomic E-state index is 10.9. The molecule has 4 heteroatoms. The Kier molecular flexibility index (Phi) is 1.47. The highest BCUT2D eigenvalue weighted by Crippen LogP contribution is 2.02. The molecule has 2 aliphatic heterocycles. The average molecular weight is 151 g/mol. The van der Waals surface area contributed by atoms with Gasteiger partial charge in [0, 0.05) is 12.4 Å². The molecule has 0 bridgehead atoms. The standard InChI is InChI=1S/C7H9N3O/c11-7-4-9-5-1-2-8-3-6(5)10-7/h1-3,5-6,9H,4H2,(H,10,11). The van der Waals surface area contributed by atoms with Crippen molar-refractivity contribution in [3.63, 3.8) is 0 Å². The van der Waals surface area contributed by atoms with E-state index in [1.165, 1.54) is 0 Å². The fourth-order valence-electron chi connectivity index (χ4n) is 1.27. The first-order valence-electron chi connectivity index (χ1n) is 3.59. The Morgan fingerprint density at radius 2 is 2.45 bits per heavy atom. The van der Waals surface area contributed by atoms with Gasteiger partial charge >= 0.3 is 0 Å². The minimum absolute atomic E-state index is 0.0352. The van der Waals surface area contributed by atoms with Gasteiger partial charge in [-0.05, 0) is 6.08 Å². The molecular formula is C7H9N3O. The molecule has 0 aromatic carbocycles. The highest BCUT2D eigenvalue weighted by Gasteiger charge is 2.25. The summed E-state index contributed by atoms with van der Waals surface area (Å²) in [5.74, 6) is 0.0352. The van der Waals surface area contributed by atoms with Gasteiger partial charge < -0.3 is 5.32 Å². The number of carbonyl (C=O) groups excluding carboxylic acids is 1. The normalized spacial score (nSPS) is 34.7. The van der Waals surface area contributed by atoms with E-state index in [0.29, 0.717) is 6.54 Å². The van der Waals surface area contributed by atoms with Gasteiger partial charge in [-0.1, -0.05) is 0 Å². The third kappa shape index (κ3) is 1.17. The van der Waals surface area contributed by atoms with Gasteiger partial charge in [-0.25, -0.2) is 0 Å². The van der Waals surface area contributed by atoms with Crippen LogP contribution in [0.3, 0.4) is 0 Å². The second-order valence-corrected chi connectivity index (χ2v) is 2.64. The van der Waals surface area contributed by atoms with Crippen LogP contribution in [0.5, 0.6) is 0 Å². The van der Waals surface area contributed by atoms with Gasteiger partial charge in [0.25, 0.3) is 0 Å². The Morgan fingerprint density at radius 3 is 3.36 bits per heavy atom. The monoisotopic (exact) mass is 151 g/mol.